The van der Waals surface area contributed by atoms with Gasteiger partial charge in [0.25, 0.3) is 5.91 Å². The second-order valence-corrected chi connectivity index (χ2v) is 7.39. The first-order valence-electron chi connectivity index (χ1n) is 9.88. The number of benzene rings is 2. The molecule has 0 saturated heterocycles. The first-order valence-corrected chi connectivity index (χ1v) is 9.88. The summed E-state index contributed by atoms with van der Waals surface area (Å²) in [6.45, 7) is 3.21. The van der Waals surface area contributed by atoms with Gasteiger partial charge in [0.2, 0.25) is 5.91 Å². The normalized spacial score (nSPS) is 13.1. The number of hydrogen-bond donors (Lipinski definition) is 2. The number of carbonyl (C=O) groups is 2. The van der Waals surface area contributed by atoms with Crippen LogP contribution >= 0.6 is 0 Å². The summed E-state index contributed by atoms with van der Waals surface area (Å²) in [4.78, 5) is 29.8. The van der Waals surface area contributed by atoms with Crippen molar-refractivity contribution in [2.45, 2.75) is 26.4 Å². The Morgan fingerprint density at radius 3 is 2.70 bits per heavy atom. The molecule has 1 aliphatic heterocycles. The lowest BCUT2D eigenvalue weighted by atomic mass is 10.0. The van der Waals surface area contributed by atoms with Gasteiger partial charge in [0.1, 0.15) is 11.5 Å². The van der Waals surface area contributed by atoms with Crippen LogP contribution in [0, 0.1) is 0 Å². The number of carbonyl (C=O) groups excluding carboxylic acids is 2. The highest BCUT2D eigenvalue weighted by Gasteiger charge is 2.22. The standard InChI is InChI=1S/C23H25N3O4/c1-14(27)26-9-8-21-19(13-26)18-10-15(5-7-20(18)25-21)23(28)24-12-16-4-6-17(29-2)11-22(16)30-3/h4-7,10-11,25H,8-9,12-13H2,1-3H3,(H,24,28). The van der Waals surface area contributed by atoms with Gasteiger partial charge in [-0.25, -0.2) is 0 Å². The predicted octanol–water partition coefficient (Wildman–Crippen LogP) is 3.02. The molecule has 2 N–H and O–H groups in total. The van der Waals surface area contributed by atoms with Crippen LogP contribution in [0.2, 0.25) is 0 Å². The third-order valence-corrected chi connectivity index (χ3v) is 5.62. The summed E-state index contributed by atoms with van der Waals surface area (Å²) in [6.07, 6.45) is 0.794. The Balaban J connectivity index is 1.54. The summed E-state index contributed by atoms with van der Waals surface area (Å²) in [7, 11) is 3.19. The van der Waals surface area contributed by atoms with Crippen molar-refractivity contribution in [3.8, 4) is 11.5 Å². The van der Waals surface area contributed by atoms with Crippen molar-refractivity contribution >= 4 is 22.7 Å². The lowest BCUT2D eigenvalue weighted by Gasteiger charge is -2.26. The smallest absolute Gasteiger partial charge is 0.251 e. The number of rotatable bonds is 5. The summed E-state index contributed by atoms with van der Waals surface area (Å²) in [5.41, 5.74) is 4.67. The maximum absolute atomic E-state index is 12.8. The molecule has 0 spiro atoms. The van der Waals surface area contributed by atoms with Gasteiger partial charge >= 0.3 is 0 Å². The largest absolute Gasteiger partial charge is 0.497 e. The molecule has 0 saturated carbocycles. The Bertz CT molecular complexity index is 1120. The van der Waals surface area contributed by atoms with E-state index in [9.17, 15) is 9.59 Å². The molecule has 0 fully saturated rings. The molecule has 7 nitrogen and oxygen atoms in total. The maximum atomic E-state index is 12.8. The summed E-state index contributed by atoms with van der Waals surface area (Å²) >= 11 is 0. The fourth-order valence-electron chi connectivity index (χ4n) is 3.90. The molecule has 1 aliphatic rings. The van der Waals surface area contributed by atoms with Gasteiger partial charge in [0.15, 0.2) is 0 Å². The van der Waals surface area contributed by atoms with Crippen LogP contribution in [0.15, 0.2) is 36.4 Å². The number of amides is 2. The highest BCUT2D eigenvalue weighted by Crippen LogP contribution is 2.29. The minimum atomic E-state index is -0.163. The Labute approximate surface area is 175 Å². The minimum Gasteiger partial charge on any atom is -0.497 e. The van der Waals surface area contributed by atoms with Gasteiger partial charge in [0, 0.05) is 72.3 Å². The van der Waals surface area contributed by atoms with Crippen LogP contribution in [-0.2, 0) is 24.3 Å². The van der Waals surface area contributed by atoms with Gasteiger partial charge < -0.3 is 24.7 Å². The Morgan fingerprint density at radius 1 is 1.13 bits per heavy atom. The molecular formula is C23H25N3O4. The highest BCUT2D eigenvalue weighted by molar-refractivity contribution is 5.99. The zero-order chi connectivity index (χ0) is 21.3. The maximum Gasteiger partial charge on any atom is 0.251 e. The van der Waals surface area contributed by atoms with Crippen molar-refractivity contribution < 1.29 is 19.1 Å². The number of aromatic nitrogens is 1. The van der Waals surface area contributed by atoms with E-state index in [1.807, 2.05) is 35.2 Å². The number of ether oxygens (including phenoxy) is 2. The number of methoxy groups -OCH3 is 2. The molecule has 30 heavy (non-hydrogen) atoms. The zero-order valence-electron chi connectivity index (χ0n) is 17.4. The first kappa shape index (κ1) is 19.8. The Morgan fingerprint density at radius 2 is 1.97 bits per heavy atom. The van der Waals surface area contributed by atoms with Gasteiger partial charge in [-0.3, -0.25) is 9.59 Å². The van der Waals surface area contributed by atoms with E-state index in [0.29, 0.717) is 36.7 Å². The summed E-state index contributed by atoms with van der Waals surface area (Å²) in [5, 5.41) is 3.95. The van der Waals surface area contributed by atoms with E-state index in [1.54, 1.807) is 27.2 Å². The quantitative estimate of drug-likeness (QED) is 0.681. The third-order valence-electron chi connectivity index (χ3n) is 5.62. The molecule has 7 heteroatoms. The fraction of sp³-hybridized carbons (Fsp3) is 0.304. The van der Waals surface area contributed by atoms with Crippen LogP contribution in [0.4, 0.5) is 0 Å². The predicted molar refractivity (Wildman–Crippen MR) is 114 cm³/mol. The number of nitrogens with zero attached hydrogens (tertiary/aromatic N) is 1. The van der Waals surface area contributed by atoms with E-state index in [-0.39, 0.29) is 11.8 Å². The van der Waals surface area contributed by atoms with Crippen molar-refractivity contribution in [3.63, 3.8) is 0 Å². The molecule has 0 radical (unpaired) electrons. The molecule has 3 aromatic rings. The molecule has 2 heterocycles. The lowest BCUT2D eigenvalue weighted by molar-refractivity contribution is -0.129. The fourth-order valence-corrected chi connectivity index (χ4v) is 3.90. The van der Waals surface area contributed by atoms with Gasteiger partial charge in [-0.2, -0.15) is 0 Å². The molecule has 0 bridgehead atoms. The Kier molecular flexibility index (Phi) is 5.35. The molecular weight excluding hydrogens is 382 g/mol. The third kappa shape index (κ3) is 3.70. The van der Waals surface area contributed by atoms with Crippen molar-refractivity contribution in [2.24, 2.45) is 0 Å². The summed E-state index contributed by atoms with van der Waals surface area (Å²) in [6, 6.07) is 11.1. The van der Waals surface area contributed by atoms with Gasteiger partial charge in [-0.15, -0.1) is 0 Å². The SMILES string of the molecule is COc1ccc(CNC(=O)c2ccc3[nH]c4c(c3c2)CN(C(C)=O)CC4)c(OC)c1. The number of fused-ring (bicyclic) bond motifs is 3. The van der Waals surface area contributed by atoms with Crippen molar-refractivity contribution in [1.29, 1.82) is 0 Å². The van der Waals surface area contributed by atoms with Crippen LogP contribution in [-0.4, -0.2) is 42.5 Å². The van der Waals surface area contributed by atoms with E-state index in [1.165, 1.54) is 0 Å². The van der Waals surface area contributed by atoms with Crippen LogP contribution < -0.4 is 14.8 Å². The number of nitrogens with one attached hydrogen (secondary N) is 2. The summed E-state index contributed by atoms with van der Waals surface area (Å²) in [5.74, 6) is 1.26. The molecule has 0 unspecified atom stereocenters. The monoisotopic (exact) mass is 407 g/mol. The van der Waals surface area contributed by atoms with Gasteiger partial charge in [-0.1, -0.05) is 0 Å². The van der Waals surface area contributed by atoms with Crippen LogP contribution in [0.25, 0.3) is 10.9 Å². The average molecular weight is 407 g/mol. The number of aromatic amines is 1. The lowest BCUT2D eigenvalue weighted by Crippen LogP contribution is -2.33. The van der Waals surface area contributed by atoms with E-state index in [0.717, 1.165) is 34.1 Å². The first-order chi connectivity index (χ1) is 14.5. The summed E-state index contributed by atoms with van der Waals surface area (Å²) < 4.78 is 10.6. The van der Waals surface area contributed by atoms with Crippen LogP contribution in [0.5, 0.6) is 11.5 Å². The molecule has 0 atom stereocenters. The zero-order valence-corrected chi connectivity index (χ0v) is 17.4. The molecule has 2 amide bonds. The molecule has 4 rings (SSSR count). The second kappa shape index (κ2) is 8.10. The Hall–Kier alpha value is -3.48. The van der Waals surface area contributed by atoms with Crippen molar-refractivity contribution in [2.75, 3.05) is 20.8 Å². The topological polar surface area (TPSA) is 83.7 Å². The van der Waals surface area contributed by atoms with E-state index in [2.05, 4.69) is 10.3 Å². The number of hydrogen-bond acceptors (Lipinski definition) is 4. The van der Waals surface area contributed by atoms with E-state index >= 15 is 0 Å². The van der Waals surface area contributed by atoms with Crippen LogP contribution in [0.3, 0.4) is 0 Å². The van der Waals surface area contributed by atoms with E-state index < -0.39 is 0 Å². The molecule has 1 aromatic heterocycles. The van der Waals surface area contributed by atoms with Crippen molar-refractivity contribution in [1.82, 2.24) is 15.2 Å². The number of H-pyrrole nitrogens is 1. The molecule has 2 aromatic carbocycles. The van der Waals surface area contributed by atoms with Crippen LogP contribution in [0.1, 0.15) is 34.1 Å². The van der Waals surface area contributed by atoms with E-state index in [4.69, 9.17) is 9.47 Å². The second-order valence-electron chi connectivity index (χ2n) is 7.39. The highest BCUT2D eigenvalue weighted by atomic mass is 16.5. The van der Waals surface area contributed by atoms with Crippen molar-refractivity contribution in [3.05, 3.63) is 58.8 Å². The minimum absolute atomic E-state index is 0.0670. The van der Waals surface area contributed by atoms with Gasteiger partial charge in [0.05, 0.1) is 14.2 Å². The van der Waals surface area contributed by atoms with Gasteiger partial charge in [-0.05, 0) is 30.3 Å². The molecule has 0 aliphatic carbocycles. The molecule has 156 valence electrons. The average Bonchev–Trinajstić information content (AvgIpc) is 3.14.